The Labute approximate surface area is 150 Å². The first-order chi connectivity index (χ1) is 12.0. The number of pyridine rings is 1. The van der Waals surface area contributed by atoms with E-state index < -0.39 is 17.3 Å². The zero-order valence-electron chi connectivity index (χ0n) is 13.0. The number of halogens is 2. The Morgan fingerprint density at radius 1 is 1.32 bits per heavy atom. The Kier molecular flexibility index (Phi) is 4.91. The van der Waals surface area contributed by atoms with Crippen LogP contribution >= 0.6 is 22.9 Å². The monoisotopic (exact) mass is 378 g/mol. The molecule has 25 heavy (non-hydrogen) atoms. The molecule has 1 aromatic carbocycles. The van der Waals surface area contributed by atoms with Crippen LogP contribution in [-0.4, -0.2) is 20.7 Å². The van der Waals surface area contributed by atoms with Gasteiger partial charge in [0.15, 0.2) is 0 Å². The minimum Gasteiger partial charge on any atom is -0.310 e. The molecule has 2 aromatic heterocycles. The van der Waals surface area contributed by atoms with Crippen LogP contribution in [0.25, 0.3) is 0 Å². The number of nitrogens with one attached hydrogen (secondary N) is 1. The molecule has 0 saturated carbocycles. The van der Waals surface area contributed by atoms with Crippen LogP contribution in [0.5, 0.6) is 0 Å². The largest absolute Gasteiger partial charge is 0.310 e. The predicted octanol–water partition coefficient (Wildman–Crippen LogP) is 3.10. The van der Waals surface area contributed by atoms with Crippen molar-refractivity contribution in [3.05, 3.63) is 73.9 Å². The van der Waals surface area contributed by atoms with Crippen LogP contribution in [0, 0.1) is 12.7 Å². The number of carbonyl (C=O) groups is 1. The molecule has 1 amide bonds. The summed E-state index contributed by atoms with van der Waals surface area (Å²) in [6.07, 6.45) is 1.47. The van der Waals surface area contributed by atoms with Crippen molar-refractivity contribution in [3.63, 3.8) is 0 Å². The summed E-state index contributed by atoms with van der Waals surface area (Å²) in [5, 5.41) is 11.3. The number of hydrogen-bond donors (Lipinski definition) is 1. The first kappa shape index (κ1) is 17.2. The highest BCUT2D eigenvalue weighted by atomic mass is 35.5. The van der Waals surface area contributed by atoms with Crippen LogP contribution in [0.3, 0.4) is 0 Å². The van der Waals surface area contributed by atoms with Gasteiger partial charge in [0.2, 0.25) is 5.13 Å². The van der Waals surface area contributed by atoms with Gasteiger partial charge in [-0.15, -0.1) is 10.2 Å². The number of hydrogen-bond acceptors (Lipinski definition) is 5. The van der Waals surface area contributed by atoms with Crippen molar-refractivity contribution >= 4 is 34.0 Å². The molecule has 128 valence electrons. The van der Waals surface area contributed by atoms with Gasteiger partial charge in [-0.25, -0.2) is 4.39 Å². The molecule has 9 heteroatoms. The highest BCUT2D eigenvalue weighted by Gasteiger charge is 2.16. The normalized spacial score (nSPS) is 10.7. The lowest BCUT2D eigenvalue weighted by molar-refractivity contribution is 0.102. The molecule has 0 fully saturated rings. The number of carbonyl (C=O) groups excluding carboxylic acids is 1. The summed E-state index contributed by atoms with van der Waals surface area (Å²) in [5.41, 5.74) is -0.452. The molecule has 1 N–H and O–H groups in total. The Hall–Kier alpha value is -2.58. The molecule has 2 heterocycles. The third-order valence-electron chi connectivity index (χ3n) is 3.40. The van der Waals surface area contributed by atoms with E-state index in [1.165, 1.54) is 46.4 Å². The van der Waals surface area contributed by atoms with Gasteiger partial charge in [-0.3, -0.25) is 14.9 Å². The van der Waals surface area contributed by atoms with Crippen LogP contribution in [0.1, 0.15) is 20.9 Å². The minimum absolute atomic E-state index is 0.0800. The topological polar surface area (TPSA) is 76.9 Å². The van der Waals surface area contributed by atoms with E-state index in [1.54, 1.807) is 13.0 Å². The van der Waals surface area contributed by atoms with Crippen molar-refractivity contribution in [1.29, 1.82) is 0 Å². The molecule has 0 aliphatic carbocycles. The first-order valence-electron chi connectivity index (χ1n) is 7.19. The second kappa shape index (κ2) is 7.12. The highest BCUT2D eigenvalue weighted by molar-refractivity contribution is 7.15. The average Bonchev–Trinajstić information content (AvgIpc) is 2.97. The van der Waals surface area contributed by atoms with Gasteiger partial charge in [0, 0.05) is 16.8 Å². The van der Waals surface area contributed by atoms with E-state index in [0.717, 1.165) is 0 Å². The van der Waals surface area contributed by atoms with Gasteiger partial charge >= 0.3 is 0 Å². The lowest BCUT2D eigenvalue weighted by atomic mass is 10.2. The summed E-state index contributed by atoms with van der Waals surface area (Å²) in [6, 6.07) is 7.22. The lowest BCUT2D eigenvalue weighted by Gasteiger charge is -2.10. The number of aryl methyl sites for hydroxylation is 1. The van der Waals surface area contributed by atoms with E-state index in [1.807, 2.05) is 0 Å². The maximum Gasteiger partial charge on any atom is 0.263 e. The number of benzene rings is 1. The SMILES string of the molecule is Cc1nnc(NC(=O)c2cccn(Cc3c(F)cccc3Cl)c2=O)s1. The number of rotatable bonds is 4. The van der Waals surface area contributed by atoms with E-state index >= 15 is 0 Å². The Balaban J connectivity index is 1.90. The summed E-state index contributed by atoms with van der Waals surface area (Å²) >= 11 is 7.19. The number of anilines is 1. The van der Waals surface area contributed by atoms with E-state index in [2.05, 4.69) is 15.5 Å². The van der Waals surface area contributed by atoms with Crippen molar-refractivity contribution in [1.82, 2.24) is 14.8 Å². The van der Waals surface area contributed by atoms with Gasteiger partial charge in [-0.2, -0.15) is 0 Å². The van der Waals surface area contributed by atoms with E-state index in [9.17, 15) is 14.0 Å². The third kappa shape index (κ3) is 3.75. The fourth-order valence-electron chi connectivity index (χ4n) is 2.20. The van der Waals surface area contributed by atoms with Gasteiger partial charge in [0.25, 0.3) is 11.5 Å². The maximum absolute atomic E-state index is 13.9. The molecule has 0 spiro atoms. The van der Waals surface area contributed by atoms with Crippen molar-refractivity contribution in [2.45, 2.75) is 13.5 Å². The van der Waals surface area contributed by atoms with E-state index in [0.29, 0.717) is 10.1 Å². The maximum atomic E-state index is 13.9. The van der Waals surface area contributed by atoms with Crippen LogP contribution < -0.4 is 10.9 Å². The quantitative estimate of drug-likeness (QED) is 0.756. The Morgan fingerprint density at radius 3 is 2.80 bits per heavy atom. The van der Waals surface area contributed by atoms with E-state index in [4.69, 9.17) is 11.6 Å². The van der Waals surface area contributed by atoms with Crippen molar-refractivity contribution in [2.75, 3.05) is 5.32 Å². The van der Waals surface area contributed by atoms with Crippen molar-refractivity contribution in [3.8, 4) is 0 Å². The molecule has 3 rings (SSSR count). The molecule has 0 radical (unpaired) electrons. The summed E-state index contributed by atoms with van der Waals surface area (Å²) in [6.45, 7) is 1.67. The van der Waals surface area contributed by atoms with Crippen molar-refractivity contribution < 1.29 is 9.18 Å². The highest BCUT2D eigenvalue weighted by Crippen LogP contribution is 2.19. The van der Waals surface area contributed by atoms with E-state index in [-0.39, 0.29) is 22.7 Å². The molecule has 0 aliphatic heterocycles. The first-order valence-corrected chi connectivity index (χ1v) is 8.39. The Morgan fingerprint density at radius 2 is 2.12 bits per heavy atom. The summed E-state index contributed by atoms with van der Waals surface area (Å²) < 4.78 is 15.2. The second-order valence-corrected chi connectivity index (χ2v) is 6.72. The Bertz CT molecular complexity index is 982. The average molecular weight is 379 g/mol. The van der Waals surface area contributed by atoms with Crippen LogP contribution in [0.15, 0.2) is 41.3 Å². The lowest BCUT2D eigenvalue weighted by Crippen LogP contribution is -2.29. The number of nitrogens with zero attached hydrogens (tertiary/aromatic N) is 3. The molecule has 0 unspecified atom stereocenters. The molecule has 0 saturated heterocycles. The fourth-order valence-corrected chi connectivity index (χ4v) is 3.01. The zero-order valence-corrected chi connectivity index (χ0v) is 14.6. The van der Waals surface area contributed by atoms with Crippen LogP contribution in [0.2, 0.25) is 5.02 Å². The second-order valence-electron chi connectivity index (χ2n) is 5.14. The molecule has 3 aromatic rings. The summed E-state index contributed by atoms with van der Waals surface area (Å²) in [7, 11) is 0. The smallest absolute Gasteiger partial charge is 0.263 e. The summed E-state index contributed by atoms with van der Waals surface area (Å²) in [4.78, 5) is 24.8. The van der Waals surface area contributed by atoms with Gasteiger partial charge in [0.1, 0.15) is 16.4 Å². The molecule has 6 nitrogen and oxygen atoms in total. The van der Waals surface area contributed by atoms with Crippen molar-refractivity contribution in [2.24, 2.45) is 0 Å². The number of aromatic nitrogens is 3. The van der Waals surface area contributed by atoms with Crippen LogP contribution in [-0.2, 0) is 6.54 Å². The predicted molar refractivity (Wildman–Crippen MR) is 93.8 cm³/mol. The molecular weight excluding hydrogens is 367 g/mol. The fraction of sp³-hybridized carbons (Fsp3) is 0.125. The third-order valence-corrected chi connectivity index (χ3v) is 4.51. The zero-order chi connectivity index (χ0) is 18.0. The molecule has 0 aliphatic rings. The number of amides is 1. The molecule has 0 atom stereocenters. The van der Waals surface area contributed by atoms with Gasteiger partial charge in [0.05, 0.1) is 6.54 Å². The summed E-state index contributed by atoms with van der Waals surface area (Å²) in [5.74, 6) is -1.12. The van der Waals surface area contributed by atoms with Gasteiger partial charge < -0.3 is 4.57 Å². The van der Waals surface area contributed by atoms with Crippen LogP contribution in [0.4, 0.5) is 9.52 Å². The van der Waals surface area contributed by atoms with Gasteiger partial charge in [-0.05, 0) is 31.2 Å². The molecular formula is C16H12ClFN4O2S. The van der Waals surface area contributed by atoms with Gasteiger partial charge in [-0.1, -0.05) is 29.0 Å². The minimum atomic E-state index is -0.602. The standard InChI is InChI=1S/C16H12ClFN4O2S/c1-9-20-21-16(25-9)19-14(23)10-4-3-7-22(15(10)24)8-11-12(17)5-2-6-13(11)18/h2-7H,8H2,1H3,(H,19,21,23). The molecule has 0 bridgehead atoms.